The fraction of sp³-hybridized carbons (Fsp3) is 0.111. The summed E-state index contributed by atoms with van der Waals surface area (Å²) in [6, 6.07) is 2.62. The lowest BCUT2D eigenvalue weighted by Gasteiger charge is -1.99. The van der Waals surface area contributed by atoms with Gasteiger partial charge in [-0.3, -0.25) is 9.78 Å². The molecule has 0 atom stereocenters. The molecule has 4 nitrogen and oxygen atoms in total. The fourth-order valence-corrected chi connectivity index (χ4v) is 1.19. The smallest absolute Gasteiger partial charge is 0.284 e. The highest BCUT2D eigenvalue weighted by Gasteiger charge is 2.02. The highest BCUT2D eigenvalue weighted by molar-refractivity contribution is 5.74. The van der Waals surface area contributed by atoms with Gasteiger partial charge >= 0.3 is 0 Å². The van der Waals surface area contributed by atoms with Crippen LogP contribution in [0.15, 0.2) is 23.1 Å². The molecule has 0 bridgehead atoms. The van der Waals surface area contributed by atoms with E-state index in [0.29, 0.717) is 16.6 Å². The number of fused-ring (bicyclic) bond motifs is 1. The highest BCUT2D eigenvalue weighted by Crippen LogP contribution is 2.09. The number of aromatic nitrogens is 2. The van der Waals surface area contributed by atoms with Crippen LogP contribution in [0.2, 0.25) is 0 Å². The number of hydrogen-bond donors (Lipinski definition) is 2. The monoisotopic (exact) mass is 194 g/mol. The van der Waals surface area contributed by atoms with Gasteiger partial charge < -0.3 is 10.1 Å². The molecule has 0 saturated carbocycles. The molecule has 5 heteroatoms. The van der Waals surface area contributed by atoms with Crippen LogP contribution >= 0.6 is 0 Å². The molecule has 0 fully saturated rings. The lowest BCUT2D eigenvalue weighted by Crippen LogP contribution is -2.10. The van der Waals surface area contributed by atoms with Gasteiger partial charge in [-0.05, 0) is 11.6 Å². The van der Waals surface area contributed by atoms with Gasteiger partial charge in [0.05, 0.1) is 17.6 Å². The summed E-state index contributed by atoms with van der Waals surface area (Å²) in [5.41, 5.74) is 0.566. The van der Waals surface area contributed by atoms with Crippen molar-refractivity contribution in [3.05, 3.63) is 40.1 Å². The average molecular weight is 194 g/mol. The number of hydrogen-bond acceptors (Lipinski definition) is 3. The van der Waals surface area contributed by atoms with Crippen molar-refractivity contribution in [2.45, 2.75) is 6.61 Å². The molecule has 0 aliphatic carbocycles. The van der Waals surface area contributed by atoms with Crippen molar-refractivity contribution < 1.29 is 9.50 Å². The minimum atomic E-state index is -0.859. The number of H-pyrrole nitrogens is 1. The zero-order chi connectivity index (χ0) is 10.1. The van der Waals surface area contributed by atoms with E-state index in [2.05, 4.69) is 9.97 Å². The third kappa shape index (κ3) is 1.38. The van der Waals surface area contributed by atoms with E-state index in [4.69, 9.17) is 5.11 Å². The molecule has 14 heavy (non-hydrogen) atoms. The van der Waals surface area contributed by atoms with Gasteiger partial charge in [-0.1, -0.05) is 0 Å². The van der Waals surface area contributed by atoms with Crippen LogP contribution in [-0.2, 0) is 6.61 Å². The number of pyridine rings is 2. The quantitative estimate of drug-likeness (QED) is 0.696. The van der Waals surface area contributed by atoms with Crippen molar-refractivity contribution in [2.75, 3.05) is 0 Å². The molecule has 2 aromatic heterocycles. The Balaban J connectivity index is 2.77. The first-order valence-corrected chi connectivity index (χ1v) is 3.99. The Morgan fingerprint density at radius 2 is 2.29 bits per heavy atom. The predicted octanol–water partition coefficient (Wildman–Crippen LogP) is 0.554. The fourth-order valence-electron chi connectivity index (χ4n) is 1.19. The van der Waals surface area contributed by atoms with Crippen LogP contribution in [0.1, 0.15) is 5.56 Å². The van der Waals surface area contributed by atoms with Gasteiger partial charge in [0.15, 0.2) is 5.82 Å². The topological polar surface area (TPSA) is 66.0 Å². The Labute approximate surface area is 78.0 Å². The molecule has 0 aliphatic rings. The SMILES string of the molecule is O=c1[nH]c2cc(CO)cnc2cc1F. The molecule has 2 heterocycles. The summed E-state index contributed by atoms with van der Waals surface area (Å²) in [6.07, 6.45) is 1.43. The Morgan fingerprint density at radius 3 is 3.00 bits per heavy atom. The molecule has 0 aromatic carbocycles. The van der Waals surface area contributed by atoms with Crippen LogP contribution in [0.25, 0.3) is 11.0 Å². The van der Waals surface area contributed by atoms with E-state index in [9.17, 15) is 9.18 Å². The molecule has 2 rings (SSSR count). The van der Waals surface area contributed by atoms with Crippen LogP contribution in [-0.4, -0.2) is 15.1 Å². The molecule has 0 aliphatic heterocycles. The average Bonchev–Trinajstić information content (AvgIpc) is 2.19. The number of nitrogens with one attached hydrogen (secondary N) is 1. The largest absolute Gasteiger partial charge is 0.392 e. The minimum Gasteiger partial charge on any atom is -0.392 e. The van der Waals surface area contributed by atoms with Gasteiger partial charge in [0.1, 0.15) is 0 Å². The second kappa shape index (κ2) is 3.19. The maximum absolute atomic E-state index is 12.8. The van der Waals surface area contributed by atoms with E-state index in [1.807, 2.05) is 0 Å². The first kappa shape index (κ1) is 8.83. The van der Waals surface area contributed by atoms with Crippen LogP contribution in [0.4, 0.5) is 4.39 Å². The number of aliphatic hydroxyl groups is 1. The van der Waals surface area contributed by atoms with E-state index in [1.165, 1.54) is 6.20 Å². The second-order valence-corrected chi connectivity index (χ2v) is 2.88. The van der Waals surface area contributed by atoms with Crippen molar-refractivity contribution in [1.29, 1.82) is 0 Å². The van der Waals surface area contributed by atoms with Crippen LogP contribution in [0.5, 0.6) is 0 Å². The molecule has 72 valence electrons. The maximum Gasteiger partial charge on any atom is 0.284 e. The summed E-state index contributed by atoms with van der Waals surface area (Å²) < 4.78 is 12.8. The normalized spacial score (nSPS) is 10.7. The molecule has 0 amide bonds. The zero-order valence-corrected chi connectivity index (χ0v) is 7.12. The molecule has 0 spiro atoms. The summed E-state index contributed by atoms with van der Waals surface area (Å²) in [6.45, 7) is -0.164. The number of rotatable bonds is 1. The van der Waals surface area contributed by atoms with Crippen molar-refractivity contribution in [3.8, 4) is 0 Å². The van der Waals surface area contributed by atoms with Crippen molar-refractivity contribution in [3.63, 3.8) is 0 Å². The van der Waals surface area contributed by atoms with E-state index in [1.54, 1.807) is 6.07 Å². The Bertz CT molecular complexity index is 536. The molecule has 2 aromatic rings. The molecular weight excluding hydrogens is 187 g/mol. The Hall–Kier alpha value is -1.75. The van der Waals surface area contributed by atoms with Gasteiger partial charge in [-0.15, -0.1) is 0 Å². The van der Waals surface area contributed by atoms with Gasteiger partial charge in [0, 0.05) is 12.3 Å². The van der Waals surface area contributed by atoms with Crippen molar-refractivity contribution in [1.82, 2.24) is 9.97 Å². The Kier molecular flexibility index (Phi) is 2.01. The van der Waals surface area contributed by atoms with Gasteiger partial charge in [-0.25, -0.2) is 4.39 Å². The maximum atomic E-state index is 12.8. The third-order valence-corrected chi connectivity index (χ3v) is 1.89. The van der Waals surface area contributed by atoms with E-state index < -0.39 is 11.4 Å². The lowest BCUT2D eigenvalue weighted by molar-refractivity contribution is 0.281. The number of nitrogens with zero attached hydrogens (tertiary/aromatic N) is 1. The van der Waals surface area contributed by atoms with E-state index in [-0.39, 0.29) is 6.61 Å². The number of aromatic amines is 1. The lowest BCUT2D eigenvalue weighted by atomic mass is 10.2. The zero-order valence-electron chi connectivity index (χ0n) is 7.12. The first-order chi connectivity index (χ1) is 6.70. The van der Waals surface area contributed by atoms with Crippen LogP contribution in [0.3, 0.4) is 0 Å². The Morgan fingerprint density at radius 1 is 1.50 bits per heavy atom. The van der Waals surface area contributed by atoms with Gasteiger partial charge in [-0.2, -0.15) is 0 Å². The van der Waals surface area contributed by atoms with E-state index in [0.717, 1.165) is 6.07 Å². The number of halogens is 1. The first-order valence-electron chi connectivity index (χ1n) is 3.99. The molecule has 2 N–H and O–H groups in total. The van der Waals surface area contributed by atoms with E-state index >= 15 is 0 Å². The molecular formula is C9H7FN2O2. The van der Waals surface area contributed by atoms with Gasteiger partial charge in [0.2, 0.25) is 0 Å². The standard InChI is InChI=1S/C9H7FN2O2/c10-6-2-7-8(12-9(6)14)1-5(4-13)3-11-7/h1-3,13H,4H2,(H,12,14). The molecule has 0 radical (unpaired) electrons. The van der Waals surface area contributed by atoms with Gasteiger partial charge in [0.25, 0.3) is 5.56 Å². The summed E-state index contributed by atoms with van der Waals surface area (Å²) in [4.78, 5) is 17.1. The van der Waals surface area contributed by atoms with Crippen LogP contribution < -0.4 is 5.56 Å². The third-order valence-electron chi connectivity index (χ3n) is 1.89. The molecule has 0 saturated heterocycles. The summed E-state index contributed by atoms with van der Waals surface area (Å²) in [5.74, 6) is -0.859. The summed E-state index contributed by atoms with van der Waals surface area (Å²) >= 11 is 0. The van der Waals surface area contributed by atoms with Crippen molar-refractivity contribution in [2.24, 2.45) is 0 Å². The minimum absolute atomic E-state index is 0.164. The van der Waals surface area contributed by atoms with Crippen molar-refractivity contribution >= 4 is 11.0 Å². The van der Waals surface area contributed by atoms with Crippen LogP contribution in [0, 0.1) is 5.82 Å². The summed E-state index contributed by atoms with van der Waals surface area (Å²) in [5, 5.41) is 8.81. The second-order valence-electron chi connectivity index (χ2n) is 2.88. The summed E-state index contributed by atoms with van der Waals surface area (Å²) in [7, 11) is 0. The number of aliphatic hydroxyl groups excluding tert-OH is 1. The predicted molar refractivity (Wildman–Crippen MR) is 48.2 cm³/mol. The molecule has 0 unspecified atom stereocenters. The highest BCUT2D eigenvalue weighted by atomic mass is 19.1.